The zero-order chi connectivity index (χ0) is 16.8. The molecule has 0 atom stereocenters. The van der Waals surface area contributed by atoms with E-state index in [0.717, 1.165) is 23.7 Å². The number of benzene rings is 1. The molecule has 1 aliphatic carbocycles. The molecule has 1 saturated carbocycles. The molecule has 122 valence electrons. The Hall–Kier alpha value is -1.73. The van der Waals surface area contributed by atoms with Crippen LogP contribution < -0.4 is 5.32 Å². The highest BCUT2D eigenvalue weighted by atomic mass is 35.5. The van der Waals surface area contributed by atoms with Crippen molar-refractivity contribution in [2.75, 3.05) is 0 Å². The number of rotatable bonds is 3. The van der Waals surface area contributed by atoms with Gasteiger partial charge in [0.2, 0.25) is 0 Å². The second kappa shape index (κ2) is 5.72. The number of alkyl halides is 3. The molecule has 0 saturated heterocycles. The maximum absolute atomic E-state index is 13.4. The van der Waals surface area contributed by atoms with Crippen LogP contribution in [0.2, 0.25) is 10.0 Å². The molecule has 0 aliphatic heterocycles. The third-order valence-corrected chi connectivity index (χ3v) is 3.87. The van der Waals surface area contributed by atoms with Crippen LogP contribution in [0, 0.1) is 0 Å². The van der Waals surface area contributed by atoms with Crippen LogP contribution in [-0.4, -0.2) is 21.5 Å². The summed E-state index contributed by atoms with van der Waals surface area (Å²) in [6.07, 6.45) is -2.32. The van der Waals surface area contributed by atoms with Crippen molar-refractivity contribution in [2.24, 2.45) is 0 Å². The van der Waals surface area contributed by atoms with Gasteiger partial charge in [-0.05, 0) is 31.0 Å². The number of carbonyl (C=O) groups is 1. The SMILES string of the molecule is O=C(NC1CC1)c1ncn(-c2ccc(Cl)cc2Cl)c1C(F)(F)F. The molecule has 1 amide bonds. The Bertz CT molecular complexity index is 769. The lowest BCUT2D eigenvalue weighted by Crippen LogP contribution is -2.28. The van der Waals surface area contributed by atoms with Crippen molar-refractivity contribution in [1.82, 2.24) is 14.9 Å². The van der Waals surface area contributed by atoms with Crippen LogP contribution in [0.25, 0.3) is 5.69 Å². The summed E-state index contributed by atoms with van der Waals surface area (Å²) in [6.45, 7) is 0. The van der Waals surface area contributed by atoms with E-state index in [9.17, 15) is 18.0 Å². The number of imidazole rings is 1. The number of nitrogens with zero attached hydrogens (tertiary/aromatic N) is 2. The normalized spacial score (nSPS) is 14.8. The number of hydrogen-bond donors (Lipinski definition) is 1. The summed E-state index contributed by atoms with van der Waals surface area (Å²) < 4.78 is 41.1. The Balaban J connectivity index is 2.10. The van der Waals surface area contributed by atoms with E-state index in [2.05, 4.69) is 10.3 Å². The number of hydrogen-bond acceptors (Lipinski definition) is 2. The van der Waals surface area contributed by atoms with Crippen LogP contribution in [0.5, 0.6) is 0 Å². The van der Waals surface area contributed by atoms with Crippen molar-refractivity contribution >= 4 is 29.1 Å². The molecule has 4 nitrogen and oxygen atoms in total. The predicted octanol–water partition coefficient (Wildman–Crippen LogP) is 4.09. The van der Waals surface area contributed by atoms with Gasteiger partial charge in [-0.3, -0.25) is 9.36 Å². The first-order valence-electron chi connectivity index (χ1n) is 6.68. The van der Waals surface area contributed by atoms with Gasteiger partial charge in [-0.25, -0.2) is 4.98 Å². The van der Waals surface area contributed by atoms with Gasteiger partial charge in [0.25, 0.3) is 5.91 Å². The molecule has 1 aliphatic rings. The third-order valence-electron chi connectivity index (χ3n) is 3.33. The van der Waals surface area contributed by atoms with E-state index < -0.39 is 23.5 Å². The van der Waals surface area contributed by atoms with E-state index in [0.29, 0.717) is 5.02 Å². The summed E-state index contributed by atoms with van der Waals surface area (Å²) in [7, 11) is 0. The maximum atomic E-state index is 13.4. The second-order valence-electron chi connectivity index (χ2n) is 5.15. The Morgan fingerprint density at radius 2 is 2.00 bits per heavy atom. The molecular formula is C14H10Cl2F3N3O. The van der Waals surface area contributed by atoms with E-state index in [1.54, 1.807) is 0 Å². The van der Waals surface area contributed by atoms with Gasteiger partial charge in [-0.1, -0.05) is 23.2 Å². The van der Waals surface area contributed by atoms with E-state index in [1.807, 2.05) is 0 Å². The first kappa shape index (κ1) is 16.1. The number of carbonyl (C=O) groups excluding carboxylic acids is 1. The van der Waals surface area contributed by atoms with Crippen LogP contribution >= 0.6 is 23.2 Å². The summed E-state index contributed by atoms with van der Waals surface area (Å²) >= 11 is 11.7. The minimum Gasteiger partial charge on any atom is -0.348 e. The largest absolute Gasteiger partial charge is 0.434 e. The van der Waals surface area contributed by atoms with Gasteiger partial charge in [0.1, 0.15) is 6.33 Å². The first-order chi connectivity index (χ1) is 10.8. The monoisotopic (exact) mass is 363 g/mol. The van der Waals surface area contributed by atoms with Gasteiger partial charge in [-0.2, -0.15) is 13.2 Å². The Kier molecular flexibility index (Phi) is 4.01. The standard InChI is InChI=1S/C14H10Cl2F3N3O/c15-7-1-4-10(9(16)5-7)22-6-20-11(12(22)14(17,18)19)13(23)21-8-2-3-8/h1,4-6,8H,2-3H2,(H,21,23). The molecule has 0 radical (unpaired) electrons. The Morgan fingerprint density at radius 3 is 2.57 bits per heavy atom. The molecule has 3 rings (SSSR count). The summed E-state index contributed by atoms with van der Waals surface area (Å²) in [5.74, 6) is -0.844. The Morgan fingerprint density at radius 1 is 1.30 bits per heavy atom. The van der Waals surface area contributed by atoms with E-state index in [1.165, 1.54) is 18.2 Å². The zero-order valence-electron chi connectivity index (χ0n) is 11.5. The second-order valence-corrected chi connectivity index (χ2v) is 6.00. The fraction of sp³-hybridized carbons (Fsp3) is 0.286. The molecule has 0 unspecified atom stereocenters. The van der Waals surface area contributed by atoms with Gasteiger partial charge < -0.3 is 5.32 Å². The lowest BCUT2D eigenvalue weighted by atomic mass is 10.2. The molecule has 1 fully saturated rings. The highest BCUT2D eigenvalue weighted by Gasteiger charge is 2.41. The van der Waals surface area contributed by atoms with Gasteiger partial charge in [0, 0.05) is 11.1 Å². The van der Waals surface area contributed by atoms with Crippen molar-refractivity contribution in [3.63, 3.8) is 0 Å². The van der Waals surface area contributed by atoms with E-state index in [4.69, 9.17) is 23.2 Å². The molecule has 0 spiro atoms. The summed E-state index contributed by atoms with van der Waals surface area (Å²) in [5.41, 5.74) is -1.79. The quantitative estimate of drug-likeness (QED) is 0.892. The highest BCUT2D eigenvalue weighted by Crippen LogP contribution is 2.36. The molecule has 9 heteroatoms. The van der Waals surface area contributed by atoms with Gasteiger partial charge in [-0.15, -0.1) is 0 Å². The summed E-state index contributed by atoms with van der Waals surface area (Å²) in [4.78, 5) is 15.6. The Labute approximate surface area is 139 Å². The summed E-state index contributed by atoms with van der Waals surface area (Å²) in [5, 5.41) is 2.82. The maximum Gasteiger partial charge on any atom is 0.434 e. The molecule has 23 heavy (non-hydrogen) atoms. The lowest BCUT2D eigenvalue weighted by Gasteiger charge is -2.14. The van der Waals surface area contributed by atoms with Gasteiger partial charge in [0.15, 0.2) is 11.4 Å². The number of amides is 1. The number of halogens is 5. The predicted molar refractivity (Wildman–Crippen MR) is 79.1 cm³/mol. The lowest BCUT2D eigenvalue weighted by molar-refractivity contribution is -0.142. The molecule has 2 aromatic rings. The number of aromatic nitrogens is 2. The van der Waals surface area contributed by atoms with Crippen molar-refractivity contribution in [3.05, 3.63) is 46.0 Å². The van der Waals surface area contributed by atoms with Crippen LogP contribution in [0.3, 0.4) is 0 Å². The van der Waals surface area contributed by atoms with Gasteiger partial charge in [0.05, 0.1) is 10.7 Å². The average molecular weight is 364 g/mol. The minimum atomic E-state index is -4.77. The summed E-state index contributed by atoms with van der Waals surface area (Å²) in [6, 6.07) is 3.99. The van der Waals surface area contributed by atoms with Gasteiger partial charge >= 0.3 is 6.18 Å². The van der Waals surface area contributed by atoms with E-state index >= 15 is 0 Å². The van der Waals surface area contributed by atoms with E-state index in [-0.39, 0.29) is 16.8 Å². The number of nitrogens with one attached hydrogen (secondary N) is 1. The van der Waals surface area contributed by atoms with Crippen LogP contribution in [0.1, 0.15) is 29.0 Å². The smallest absolute Gasteiger partial charge is 0.348 e. The molecule has 1 heterocycles. The minimum absolute atomic E-state index is 0.0227. The fourth-order valence-corrected chi connectivity index (χ4v) is 2.63. The first-order valence-corrected chi connectivity index (χ1v) is 7.44. The fourth-order valence-electron chi connectivity index (χ4n) is 2.13. The molecule has 1 N–H and O–H groups in total. The molecule has 1 aromatic carbocycles. The van der Waals surface area contributed by atoms with Crippen molar-refractivity contribution in [2.45, 2.75) is 25.1 Å². The van der Waals surface area contributed by atoms with Crippen molar-refractivity contribution < 1.29 is 18.0 Å². The third kappa shape index (κ3) is 3.30. The van der Waals surface area contributed by atoms with Crippen molar-refractivity contribution in [1.29, 1.82) is 0 Å². The van der Waals surface area contributed by atoms with Crippen LogP contribution in [0.15, 0.2) is 24.5 Å². The van der Waals surface area contributed by atoms with Crippen molar-refractivity contribution in [3.8, 4) is 5.69 Å². The zero-order valence-corrected chi connectivity index (χ0v) is 13.0. The van der Waals surface area contributed by atoms with Crippen LogP contribution in [-0.2, 0) is 6.18 Å². The topological polar surface area (TPSA) is 46.9 Å². The van der Waals surface area contributed by atoms with Crippen LogP contribution in [0.4, 0.5) is 13.2 Å². The molecular weight excluding hydrogens is 354 g/mol. The average Bonchev–Trinajstić information content (AvgIpc) is 3.13. The molecule has 1 aromatic heterocycles. The molecule has 0 bridgehead atoms. The highest BCUT2D eigenvalue weighted by molar-refractivity contribution is 6.35.